The number of carbonyl (C=O) groups excluding carboxylic acids is 1. The lowest BCUT2D eigenvalue weighted by Gasteiger charge is -2.07. The number of rotatable bonds is 7. The predicted octanol–water partition coefficient (Wildman–Crippen LogP) is 1.19. The van der Waals surface area contributed by atoms with Crippen molar-refractivity contribution in [3.05, 3.63) is 18.2 Å². The molecule has 1 aromatic heterocycles. The molecule has 0 fully saturated rings. The van der Waals surface area contributed by atoms with E-state index in [9.17, 15) is 4.79 Å². The number of aromatic nitrogens is 1. The summed E-state index contributed by atoms with van der Waals surface area (Å²) in [7, 11) is 0. The summed E-state index contributed by atoms with van der Waals surface area (Å²) in [6.45, 7) is 3.51. The van der Waals surface area contributed by atoms with Gasteiger partial charge in [0.05, 0.1) is 0 Å². The molecule has 0 spiro atoms. The summed E-state index contributed by atoms with van der Waals surface area (Å²) in [6, 6.07) is 5.69. The summed E-state index contributed by atoms with van der Waals surface area (Å²) < 4.78 is 0. The molecule has 5 nitrogen and oxygen atoms in total. The Labute approximate surface area is 95.4 Å². The summed E-state index contributed by atoms with van der Waals surface area (Å²) in [6.07, 6.45) is 1.37. The standard InChI is InChI=1S/C11H18N4O/c1-2-7-13-10-4-3-5-11(15-10)14-8-6-9(12)16/h3-5H,2,6-8H2,1H3,(H2,12,16)(H2,13,14,15). The van der Waals surface area contributed by atoms with Crippen LogP contribution in [0, 0.1) is 0 Å². The number of carbonyl (C=O) groups is 1. The van der Waals surface area contributed by atoms with E-state index < -0.39 is 0 Å². The van der Waals surface area contributed by atoms with Gasteiger partial charge < -0.3 is 16.4 Å². The molecule has 0 bridgehead atoms. The van der Waals surface area contributed by atoms with Crippen LogP contribution in [-0.4, -0.2) is 24.0 Å². The topological polar surface area (TPSA) is 80.0 Å². The highest BCUT2D eigenvalue weighted by Gasteiger charge is 1.97. The number of primary amides is 1. The fraction of sp³-hybridized carbons (Fsp3) is 0.455. The molecule has 0 radical (unpaired) electrons. The predicted molar refractivity (Wildman–Crippen MR) is 65.3 cm³/mol. The van der Waals surface area contributed by atoms with Gasteiger partial charge in [-0.3, -0.25) is 4.79 Å². The van der Waals surface area contributed by atoms with Crippen LogP contribution in [0.2, 0.25) is 0 Å². The first-order valence-electron chi connectivity index (χ1n) is 5.45. The Morgan fingerprint density at radius 2 is 1.94 bits per heavy atom. The maximum Gasteiger partial charge on any atom is 0.219 e. The first kappa shape index (κ1) is 12.3. The lowest BCUT2D eigenvalue weighted by Crippen LogP contribution is -2.16. The maximum absolute atomic E-state index is 10.5. The second kappa shape index (κ2) is 6.66. The van der Waals surface area contributed by atoms with Gasteiger partial charge in [-0.2, -0.15) is 0 Å². The van der Waals surface area contributed by atoms with Crippen molar-refractivity contribution in [2.45, 2.75) is 19.8 Å². The van der Waals surface area contributed by atoms with Crippen LogP contribution in [0.1, 0.15) is 19.8 Å². The monoisotopic (exact) mass is 222 g/mol. The normalized spacial score (nSPS) is 9.81. The van der Waals surface area contributed by atoms with Gasteiger partial charge in [-0.15, -0.1) is 0 Å². The number of hydrogen-bond acceptors (Lipinski definition) is 4. The van der Waals surface area contributed by atoms with Crippen LogP contribution in [0.15, 0.2) is 18.2 Å². The molecule has 0 aromatic carbocycles. The highest BCUT2D eigenvalue weighted by Crippen LogP contribution is 2.08. The first-order valence-corrected chi connectivity index (χ1v) is 5.45. The molecule has 0 atom stereocenters. The van der Waals surface area contributed by atoms with Crippen molar-refractivity contribution < 1.29 is 4.79 Å². The molecule has 88 valence electrons. The van der Waals surface area contributed by atoms with E-state index in [1.807, 2.05) is 18.2 Å². The van der Waals surface area contributed by atoms with Crippen LogP contribution < -0.4 is 16.4 Å². The number of pyridine rings is 1. The SMILES string of the molecule is CCCNc1cccc(NCCC(N)=O)n1. The lowest BCUT2D eigenvalue weighted by molar-refractivity contribution is -0.117. The maximum atomic E-state index is 10.5. The Bertz CT molecular complexity index is 341. The second-order valence-electron chi connectivity index (χ2n) is 3.48. The minimum atomic E-state index is -0.312. The van der Waals surface area contributed by atoms with E-state index in [4.69, 9.17) is 5.73 Å². The Morgan fingerprint density at radius 1 is 1.31 bits per heavy atom. The highest BCUT2D eigenvalue weighted by molar-refractivity contribution is 5.74. The molecule has 0 saturated heterocycles. The van der Waals surface area contributed by atoms with E-state index in [-0.39, 0.29) is 5.91 Å². The molecule has 0 unspecified atom stereocenters. The average molecular weight is 222 g/mol. The first-order chi connectivity index (χ1) is 7.72. The Hall–Kier alpha value is -1.78. The van der Waals surface area contributed by atoms with Gasteiger partial charge in [0.2, 0.25) is 5.91 Å². The summed E-state index contributed by atoms with van der Waals surface area (Å²) in [4.78, 5) is 14.9. The molecule has 1 rings (SSSR count). The molecule has 4 N–H and O–H groups in total. The van der Waals surface area contributed by atoms with Crippen molar-refractivity contribution in [3.63, 3.8) is 0 Å². The zero-order valence-electron chi connectivity index (χ0n) is 9.49. The van der Waals surface area contributed by atoms with Gasteiger partial charge in [-0.1, -0.05) is 13.0 Å². The number of nitrogens with zero attached hydrogens (tertiary/aromatic N) is 1. The highest BCUT2D eigenvalue weighted by atomic mass is 16.1. The van der Waals surface area contributed by atoms with Gasteiger partial charge in [0.25, 0.3) is 0 Å². The van der Waals surface area contributed by atoms with Crippen molar-refractivity contribution in [1.82, 2.24) is 4.98 Å². The van der Waals surface area contributed by atoms with E-state index in [0.717, 1.165) is 24.6 Å². The van der Waals surface area contributed by atoms with Gasteiger partial charge in [-0.25, -0.2) is 4.98 Å². The van der Waals surface area contributed by atoms with Crippen molar-refractivity contribution in [1.29, 1.82) is 0 Å². The van der Waals surface area contributed by atoms with Crippen LogP contribution in [0.25, 0.3) is 0 Å². The molecule has 5 heteroatoms. The molecule has 0 aliphatic carbocycles. The second-order valence-corrected chi connectivity index (χ2v) is 3.48. The van der Waals surface area contributed by atoms with E-state index in [1.54, 1.807) is 0 Å². The summed E-state index contributed by atoms with van der Waals surface area (Å²) in [5.41, 5.74) is 5.04. The quantitative estimate of drug-likeness (QED) is 0.647. The lowest BCUT2D eigenvalue weighted by atomic mass is 10.4. The van der Waals surface area contributed by atoms with Gasteiger partial charge in [0.1, 0.15) is 11.6 Å². The minimum absolute atomic E-state index is 0.312. The largest absolute Gasteiger partial charge is 0.370 e. The van der Waals surface area contributed by atoms with Gasteiger partial charge in [0, 0.05) is 19.5 Å². The van der Waals surface area contributed by atoms with Crippen LogP contribution in [0.3, 0.4) is 0 Å². The summed E-state index contributed by atoms with van der Waals surface area (Å²) in [5, 5.41) is 6.23. The van der Waals surface area contributed by atoms with Crippen molar-refractivity contribution in [3.8, 4) is 0 Å². The minimum Gasteiger partial charge on any atom is -0.370 e. The third kappa shape index (κ3) is 4.63. The Morgan fingerprint density at radius 3 is 2.50 bits per heavy atom. The summed E-state index contributed by atoms with van der Waals surface area (Å²) >= 11 is 0. The van der Waals surface area contributed by atoms with E-state index >= 15 is 0 Å². The van der Waals surface area contributed by atoms with Crippen molar-refractivity contribution in [2.24, 2.45) is 5.73 Å². The molecular weight excluding hydrogens is 204 g/mol. The smallest absolute Gasteiger partial charge is 0.219 e. The van der Waals surface area contributed by atoms with Crippen LogP contribution >= 0.6 is 0 Å². The zero-order valence-corrected chi connectivity index (χ0v) is 9.49. The summed E-state index contributed by atoms with van der Waals surface area (Å²) in [5.74, 6) is 1.28. The molecule has 16 heavy (non-hydrogen) atoms. The van der Waals surface area contributed by atoms with Crippen LogP contribution in [0.4, 0.5) is 11.6 Å². The Kier molecular flexibility index (Phi) is 5.11. The number of amides is 1. The average Bonchev–Trinajstić information content (AvgIpc) is 2.26. The van der Waals surface area contributed by atoms with Gasteiger partial charge in [-0.05, 0) is 18.6 Å². The molecular formula is C11H18N4O. The van der Waals surface area contributed by atoms with Gasteiger partial charge >= 0.3 is 0 Å². The fourth-order valence-corrected chi connectivity index (χ4v) is 1.20. The molecule has 0 aliphatic heterocycles. The molecule has 0 saturated carbocycles. The van der Waals surface area contributed by atoms with E-state index in [0.29, 0.717) is 13.0 Å². The van der Waals surface area contributed by atoms with E-state index in [2.05, 4.69) is 22.5 Å². The third-order valence-corrected chi connectivity index (χ3v) is 1.98. The van der Waals surface area contributed by atoms with E-state index in [1.165, 1.54) is 0 Å². The number of nitrogens with one attached hydrogen (secondary N) is 2. The number of hydrogen-bond donors (Lipinski definition) is 3. The van der Waals surface area contributed by atoms with Crippen molar-refractivity contribution in [2.75, 3.05) is 23.7 Å². The fourth-order valence-electron chi connectivity index (χ4n) is 1.20. The van der Waals surface area contributed by atoms with Crippen LogP contribution in [-0.2, 0) is 4.79 Å². The molecule has 1 aromatic rings. The number of nitrogens with two attached hydrogens (primary N) is 1. The third-order valence-electron chi connectivity index (χ3n) is 1.98. The van der Waals surface area contributed by atoms with Crippen LogP contribution in [0.5, 0.6) is 0 Å². The van der Waals surface area contributed by atoms with Gasteiger partial charge in [0.15, 0.2) is 0 Å². The Balaban J connectivity index is 2.43. The number of anilines is 2. The molecule has 1 amide bonds. The molecule has 0 aliphatic rings. The zero-order chi connectivity index (χ0) is 11.8. The molecule has 1 heterocycles. The van der Waals surface area contributed by atoms with Crippen molar-refractivity contribution >= 4 is 17.5 Å².